The van der Waals surface area contributed by atoms with Crippen LogP contribution in [0.4, 0.5) is 11.4 Å². The molecule has 2 rings (SSSR count). The number of nitrogens with zero attached hydrogens (tertiary/aromatic N) is 3. The average Bonchev–Trinajstić information content (AvgIpc) is 2.67. The number of nitro benzene ring substituents is 1. The second kappa shape index (κ2) is 4.97. The van der Waals surface area contributed by atoms with Gasteiger partial charge in [0.15, 0.2) is 0 Å². The molecule has 0 radical (unpaired) electrons. The van der Waals surface area contributed by atoms with Crippen LogP contribution in [0.2, 0.25) is 0 Å². The maximum absolute atomic E-state index is 11.1. The van der Waals surface area contributed by atoms with Crippen molar-refractivity contribution in [3.05, 3.63) is 40.1 Å². The summed E-state index contributed by atoms with van der Waals surface area (Å²) in [6.45, 7) is 1.82. The Morgan fingerprint density at radius 2 is 2.21 bits per heavy atom. The molecule has 0 amide bonds. The van der Waals surface area contributed by atoms with Crippen molar-refractivity contribution in [2.45, 2.75) is 6.92 Å². The topological polar surface area (TPSA) is 82.2 Å². The Morgan fingerprint density at radius 1 is 1.47 bits per heavy atom. The number of nitro groups is 1. The Morgan fingerprint density at radius 3 is 2.74 bits per heavy atom. The molecule has 19 heavy (non-hydrogen) atoms. The summed E-state index contributed by atoms with van der Waals surface area (Å²) in [5.41, 5.74) is 1.09. The highest BCUT2D eigenvalue weighted by atomic mass is 16.6. The second-order valence-electron chi connectivity index (χ2n) is 4.01. The van der Waals surface area contributed by atoms with Gasteiger partial charge in [0.05, 0.1) is 10.6 Å². The third-order valence-electron chi connectivity index (χ3n) is 2.62. The minimum atomic E-state index is -0.468. The van der Waals surface area contributed by atoms with Crippen LogP contribution in [0.5, 0.6) is 11.6 Å². The minimum Gasteiger partial charge on any atom is -0.432 e. The highest BCUT2D eigenvalue weighted by molar-refractivity contribution is 5.68. The molecule has 7 heteroatoms. The number of benzene rings is 1. The summed E-state index contributed by atoms with van der Waals surface area (Å²) >= 11 is 0. The molecule has 0 bridgehead atoms. The number of aryl methyl sites for hydroxylation is 2. The minimum absolute atomic E-state index is 0.0937. The fourth-order valence-electron chi connectivity index (χ4n) is 1.79. The molecule has 1 heterocycles. The van der Waals surface area contributed by atoms with Gasteiger partial charge in [0.25, 0.3) is 0 Å². The molecule has 1 aromatic heterocycles. The van der Waals surface area contributed by atoms with E-state index in [-0.39, 0.29) is 11.4 Å². The first-order chi connectivity index (χ1) is 9.02. The lowest BCUT2D eigenvalue weighted by Crippen LogP contribution is -2.01. The summed E-state index contributed by atoms with van der Waals surface area (Å²) in [6, 6.07) is 6.59. The van der Waals surface area contributed by atoms with E-state index in [4.69, 9.17) is 4.74 Å². The number of hydrogen-bond acceptors (Lipinski definition) is 5. The number of anilines is 1. The van der Waals surface area contributed by atoms with E-state index in [0.29, 0.717) is 11.6 Å². The van der Waals surface area contributed by atoms with Gasteiger partial charge in [-0.1, -0.05) is 6.07 Å². The van der Waals surface area contributed by atoms with Crippen molar-refractivity contribution in [2.75, 3.05) is 12.4 Å². The van der Waals surface area contributed by atoms with Crippen molar-refractivity contribution in [1.82, 2.24) is 9.78 Å². The van der Waals surface area contributed by atoms with Crippen LogP contribution in [0.1, 0.15) is 5.69 Å². The molecule has 7 nitrogen and oxygen atoms in total. The van der Waals surface area contributed by atoms with Gasteiger partial charge in [-0.15, -0.1) is 0 Å². The number of hydrogen-bond donors (Lipinski definition) is 1. The van der Waals surface area contributed by atoms with Gasteiger partial charge in [-0.05, 0) is 19.1 Å². The number of para-hydroxylation sites is 1. The lowest BCUT2D eigenvalue weighted by Gasteiger charge is -2.08. The largest absolute Gasteiger partial charge is 0.432 e. The first-order valence-corrected chi connectivity index (χ1v) is 5.66. The maximum atomic E-state index is 11.1. The normalized spacial score (nSPS) is 10.3. The Balaban J connectivity index is 2.45. The standard InChI is InChI=1S/C12H14N4O3/c1-8-7-11(15(3)14-8)19-10-6-4-5-9(13-2)12(10)16(17)18/h4-7,13H,1-3H3. The summed E-state index contributed by atoms with van der Waals surface area (Å²) in [4.78, 5) is 10.7. The van der Waals surface area contributed by atoms with Crippen LogP contribution in [-0.4, -0.2) is 21.8 Å². The lowest BCUT2D eigenvalue weighted by molar-refractivity contribution is -0.384. The van der Waals surface area contributed by atoms with Gasteiger partial charge < -0.3 is 10.1 Å². The zero-order valence-corrected chi connectivity index (χ0v) is 10.9. The fourth-order valence-corrected chi connectivity index (χ4v) is 1.79. The van der Waals surface area contributed by atoms with Gasteiger partial charge in [0, 0.05) is 20.2 Å². The van der Waals surface area contributed by atoms with Gasteiger partial charge in [0.2, 0.25) is 11.6 Å². The van der Waals surface area contributed by atoms with Gasteiger partial charge in [-0.25, -0.2) is 4.68 Å². The summed E-state index contributed by atoms with van der Waals surface area (Å²) in [5, 5.41) is 18.1. The van der Waals surface area contributed by atoms with Crippen LogP contribution < -0.4 is 10.1 Å². The van der Waals surface area contributed by atoms with Crippen molar-refractivity contribution < 1.29 is 9.66 Å². The van der Waals surface area contributed by atoms with E-state index in [9.17, 15) is 10.1 Å². The average molecular weight is 262 g/mol. The van der Waals surface area contributed by atoms with Crippen LogP contribution >= 0.6 is 0 Å². The molecule has 2 aromatic rings. The Labute approximate surface area is 110 Å². The molecule has 0 spiro atoms. The van der Waals surface area contributed by atoms with Crippen LogP contribution in [0.15, 0.2) is 24.3 Å². The predicted octanol–water partition coefficient (Wildman–Crippen LogP) is 2.47. The summed E-state index contributed by atoms with van der Waals surface area (Å²) in [6.07, 6.45) is 0. The monoisotopic (exact) mass is 262 g/mol. The van der Waals surface area contributed by atoms with E-state index in [1.807, 2.05) is 6.92 Å². The summed E-state index contributed by atoms with van der Waals surface area (Å²) in [7, 11) is 3.34. The SMILES string of the molecule is CNc1cccc(Oc2cc(C)nn2C)c1[N+](=O)[O-]. The summed E-state index contributed by atoms with van der Waals surface area (Å²) < 4.78 is 7.12. The Bertz CT molecular complexity index is 621. The van der Waals surface area contributed by atoms with Gasteiger partial charge in [-0.2, -0.15) is 5.10 Å². The molecule has 1 aromatic carbocycles. The molecule has 0 aliphatic rings. The van der Waals surface area contributed by atoms with Crippen molar-refractivity contribution in [3.8, 4) is 11.6 Å². The molecule has 0 saturated heterocycles. The van der Waals surface area contributed by atoms with E-state index in [1.165, 1.54) is 4.68 Å². The highest BCUT2D eigenvalue weighted by Gasteiger charge is 2.21. The van der Waals surface area contributed by atoms with E-state index in [0.717, 1.165) is 5.69 Å². The van der Waals surface area contributed by atoms with Crippen molar-refractivity contribution in [1.29, 1.82) is 0 Å². The lowest BCUT2D eigenvalue weighted by atomic mass is 10.2. The smallest absolute Gasteiger partial charge is 0.334 e. The van der Waals surface area contributed by atoms with Gasteiger partial charge in [-0.3, -0.25) is 10.1 Å². The van der Waals surface area contributed by atoms with Crippen molar-refractivity contribution in [2.24, 2.45) is 7.05 Å². The molecular formula is C12H14N4O3. The molecule has 0 saturated carbocycles. The Kier molecular flexibility index (Phi) is 3.37. The molecule has 0 unspecified atom stereocenters. The van der Waals surface area contributed by atoms with Gasteiger partial charge >= 0.3 is 5.69 Å². The second-order valence-corrected chi connectivity index (χ2v) is 4.01. The maximum Gasteiger partial charge on any atom is 0.334 e. The van der Waals surface area contributed by atoms with Crippen LogP contribution in [0.25, 0.3) is 0 Å². The van der Waals surface area contributed by atoms with E-state index in [1.54, 1.807) is 38.4 Å². The quantitative estimate of drug-likeness (QED) is 0.676. The first-order valence-electron chi connectivity index (χ1n) is 5.66. The van der Waals surface area contributed by atoms with Crippen LogP contribution in [0, 0.1) is 17.0 Å². The van der Waals surface area contributed by atoms with Crippen molar-refractivity contribution in [3.63, 3.8) is 0 Å². The number of aromatic nitrogens is 2. The Hall–Kier alpha value is -2.57. The molecule has 100 valence electrons. The molecule has 0 aliphatic heterocycles. The molecular weight excluding hydrogens is 248 g/mol. The zero-order chi connectivity index (χ0) is 14.0. The van der Waals surface area contributed by atoms with Gasteiger partial charge in [0.1, 0.15) is 5.69 Å². The van der Waals surface area contributed by atoms with Crippen LogP contribution in [-0.2, 0) is 7.05 Å². The van der Waals surface area contributed by atoms with Crippen LogP contribution in [0.3, 0.4) is 0 Å². The van der Waals surface area contributed by atoms with Crippen molar-refractivity contribution >= 4 is 11.4 Å². The molecule has 0 fully saturated rings. The molecule has 0 aliphatic carbocycles. The highest BCUT2D eigenvalue weighted by Crippen LogP contribution is 2.37. The predicted molar refractivity (Wildman–Crippen MR) is 70.7 cm³/mol. The first kappa shape index (κ1) is 12.9. The number of rotatable bonds is 4. The zero-order valence-electron chi connectivity index (χ0n) is 10.9. The summed E-state index contributed by atoms with van der Waals surface area (Å²) in [5.74, 6) is 0.633. The fraction of sp³-hybridized carbons (Fsp3) is 0.250. The number of nitrogens with one attached hydrogen (secondary N) is 1. The van der Waals surface area contributed by atoms with E-state index < -0.39 is 4.92 Å². The van der Waals surface area contributed by atoms with E-state index >= 15 is 0 Å². The molecule has 0 atom stereocenters. The van der Waals surface area contributed by atoms with E-state index in [2.05, 4.69) is 10.4 Å². The third kappa shape index (κ3) is 2.49. The molecule has 1 N–H and O–H groups in total. The third-order valence-corrected chi connectivity index (χ3v) is 2.62. The number of ether oxygens (including phenoxy) is 1.